The first-order valence-electron chi connectivity index (χ1n) is 6.53. The number of likely N-dealkylation sites (N-methyl/N-ethyl adjacent to an activating group) is 1. The Hall–Kier alpha value is -1.31. The van der Waals surface area contributed by atoms with Gasteiger partial charge in [-0.15, -0.1) is 0 Å². The summed E-state index contributed by atoms with van der Waals surface area (Å²) in [6.45, 7) is 5.23. The highest BCUT2D eigenvalue weighted by molar-refractivity contribution is 14.1. The topological polar surface area (TPSA) is 66.8 Å². The highest BCUT2D eigenvalue weighted by atomic mass is 127. The van der Waals surface area contributed by atoms with Crippen molar-refractivity contribution in [2.75, 3.05) is 7.05 Å². The molecule has 0 spiro atoms. The van der Waals surface area contributed by atoms with Gasteiger partial charge in [-0.1, -0.05) is 12.1 Å². The quantitative estimate of drug-likeness (QED) is 0.782. The van der Waals surface area contributed by atoms with Crippen LogP contribution < -0.4 is 0 Å². The minimum atomic E-state index is -1.05. The second-order valence-electron chi connectivity index (χ2n) is 5.78. The number of carbonyl (C=O) groups is 2. The maximum atomic E-state index is 12.0. The molecule has 1 rings (SSSR count). The number of carboxylic acid groups (broad SMARTS) is 1. The van der Waals surface area contributed by atoms with Crippen LogP contribution in [0.1, 0.15) is 26.3 Å². The average Bonchev–Trinajstić information content (AvgIpc) is 2.34. The van der Waals surface area contributed by atoms with E-state index in [1.807, 2.05) is 24.3 Å². The average molecular weight is 405 g/mol. The number of hydrogen-bond acceptors (Lipinski definition) is 3. The molecular weight excluding hydrogens is 385 g/mol. The molecule has 0 fully saturated rings. The van der Waals surface area contributed by atoms with E-state index in [2.05, 4.69) is 22.6 Å². The van der Waals surface area contributed by atoms with E-state index in [0.29, 0.717) is 0 Å². The minimum absolute atomic E-state index is 0.238. The summed E-state index contributed by atoms with van der Waals surface area (Å²) in [5.41, 5.74) is 0.204. The number of nitrogens with zero attached hydrogens (tertiary/aromatic N) is 1. The number of hydrogen-bond donors (Lipinski definition) is 1. The Kier molecular flexibility index (Phi) is 6.00. The molecule has 0 saturated carbocycles. The van der Waals surface area contributed by atoms with Crippen LogP contribution in [0.25, 0.3) is 0 Å². The van der Waals surface area contributed by atoms with E-state index in [1.165, 1.54) is 7.05 Å². The van der Waals surface area contributed by atoms with Crippen molar-refractivity contribution in [3.63, 3.8) is 0 Å². The van der Waals surface area contributed by atoms with Gasteiger partial charge in [-0.05, 0) is 61.1 Å². The Labute approximate surface area is 138 Å². The van der Waals surface area contributed by atoms with Gasteiger partial charge in [0.1, 0.15) is 11.6 Å². The molecule has 1 N–H and O–H groups in total. The fourth-order valence-electron chi connectivity index (χ4n) is 1.69. The van der Waals surface area contributed by atoms with Gasteiger partial charge in [0.25, 0.3) is 0 Å². The minimum Gasteiger partial charge on any atom is -0.480 e. The third-order valence-corrected chi connectivity index (χ3v) is 3.50. The maximum Gasteiger partial charge on any atom is 0.410 e. The standard InChI is InChI=1S/C15H20INO4/c1-15(2,3)21-14(20)17(4)12(13(18)19)9-10-5-7-11(16)8-6-10/h5-8,12H,9H2,1-4H3,(H,18,19). The van der Waals surface area contributed by atoms with Gasteiger partial charge in [-0.25, -0.2) is 9.59 Å². The first kappa shape index (κ1) is 17.7. The molecule has 1 unspecified atom stereocenters. The second kappa shape index (κ2) is 7.11. The summed E-state index contributed by atoms with van der Waals surface area (Å²) in [5, 5.41) is 9.36. The Balaban J connectivity index is 2.83. The molecule has 1 atom stereocenters. The van der Waals surface area contributed by atoms with Crippen LogP contribution in [0.3, 0.4) is 0 Å². The predicted octanol–water partition coefficient (Wildman–Crippen LogP) is 3.15. The Morgan fingerprint density at radius 3 is 2.24 bits per heavy atom. The van der Waals surface area contributed by atoms with Crippen molar-refractivity contribution in [1.82, 2.24) is 4.90 Å². The molecule has 5 nitrogen and oxygen atoms in total. The van der Waals surface area contributed by atoms with Crippen LogP contribution in [0.4, 0.5) is 4.79 Å². The van der Waals surface area contributed by atoms with Crippen molar-refractivity contribution in [3.05, 3.63) is 33.4 Å². The zero-order valence-electron chi connectivity index (χ0n) is 12.6. The molecule has 6 heteroatoms. The van der Waals surface area contributed by atoms with E-state index in [0.717, 1.165) is 14.0 Å². The van der Waals surface area contributed by atoms with Gasteiger partial charge in [-0.3, -0.25) is 4.90 Å². The summed E-state index contributed by atoms with van der Waals surface area (Å²) in [5.74, 6) is -1.05. The highest BCUT2D eigenvalue weighted by Crippen LogP contribution is 2.15. The lowest BCUT2D eigenvalue weighted by Crippen LogP contribution is -2.46. The highest BCUT2D eigenvalue weighted by Gasteiger charge is 2.30. The van der Waals surface area contributed by atoms with Gasteiger partial charge in [-0.2, -0.15) is 0 Å². The second-order valence-corrected chi connectivity index (χ2v) is 7.02. The number of benzene rings is 1. The monoisotopic (exact) mass is 405 g/mol. The van der Waals surface area contributed by atoms with Crippen molar-refractivity contribution >= 4 is 34.7 Å². The van der Waals surface area contributed by atoms with Gasteiger partial charge in [0, 0.05) is 17.0 Å². The molecule has 116 valence electrons. The third kappa shape index (κ3) is 5.91. The van der Waals surface area contributed by atoms with E-state index in [1.54, 1.807) is 20.8 Å². The van der Waals surface area contributed by atoms with Crippen LogP contribution >= 0.6 is 22.6 Å². The molecule has 1 aromatic carbocycles. The molecule has 0 aromatic heterocycles. The van der Waals surface area contributed by atoms with Crippen molar-refractivity contribution in [2.45, 2.75) is 38.8 Å². The summed E-state index contributed by atoms with van der Waals surface area (Å²) in [6, 6.07) is 6.58. The van der Waals surface area contributed by atoms with Gasteiger partial charge in [0.05, 0.1) is 0 Å². The SMILES string of the molecule is CN(C(=O)OC(C)(C)C)C(Cc1ccc(I)cc1)C(=O)O. The van der Waals surface area contributed by atoms with E-state index >= 15 is 0 Å². The molecule has 0 aliphatic rings. The molecule has 0 saturated heterocycles. The molecule has 0 radical (unpaired) electrons. The first-order chi connectivity index (χ1) is 9.60. The molecule has 1 amide bonds. The van der Waals surface area contributed by atoms with Crippen LogP contribution in [0.5, 0.6) is 0 Å². The van der Waals surface area contributed by atoms with Gasteiger partial charge in [0.15, 0.2) is 0 Å². The largest absolute Gasteiger partial charge is 0.480 e. The molecule has 0 aliphatic carbocycles. The molecule has 0 aliphatic heterocycles. The summed E-state index contributed by atoms with van der Waals surface area (Å²) in [7, 11) is 1.44. The Morgan fingerprint density at radius 1 is 1.29 bits per heavy atom. The van der Waals surface area contributed by atoms with Crippen molar-refractivity contribution in [3.8, 4) is 0 Å². The van der Waals surface area contributed by atoms with Crippen LogP contribution in [0.15, 0.2) is 24.3 Å². The Morgan fingerprint density at radius 2 is 1.81 bits per heavy atom. The molecule has 0 heterocycles. The fourth-order valence-corrected chi connectivity index (χ4v) is 2.05. The lowest BCUT2D eigenvalue weighted by Gasteiger charge is -2.28. The van der Waals surface area contributed by atoms with Gasteiger partial charge < -0.3 is 9.84 Å². The number of halogens is 1. The third-order valence-electron chi connectivity index (χ3n) is 2.78. The van der Waals surface area contributed by atoms with Crippen molar-refractivity contribution < 1.29 is 19.4 Å². The van der Waals surface area contributed by atoms with Crippen molar-refractivity contribution in [2.24, 2.45) is 0 Å². The fraction of sp³-hybridized carbons (Fsp3) is 0.467. The molecule has 0 bridgehead atoms. The number of rotatable bonds is 4. The molecule has 21 heavy (non-hydrogen) atoms. The van der Waals surface area contributed by atoms with Crippen LogP contribution in [-0.2, 0) is 16.0 Å². The van der Waals surface area contributed by atoms with Gasteiger partial charge in [0.2, 0.25) is 0 Å². The van der Waals surface area contributed by atoms with Gasteiger partial charge >= 0.3 is 12.1 Å². The number of amides is 1. The van der Waals surface area contributed by atoms with Crippen LogP contribution in [0, 0.1) is 3.57 Å². The summed E-state index contributed by atoms with van der Waals surface area (Å²) < 4.78 is 6.28. The van der Waals surface area contributed by atoms with Crippen molar-refractivity contribution in [1.29, 1.82) is 0 Å². The number of carbonyl (C=O) groups excluding carboxylic acids is 1. The van der Waals surface area contributed by atoms with E-state index in [4.69, 9.17) is 4.74 Å². The maximum absolute atomic E-state index is 12.0. The van der Waals surface area contributed by atoms with Crippen LogP contribution in [-0.4, -0.2) is 40.8 Å². The zero-order chi connectivity index (χ0) is 16.2. The van der Waals surface area contributed by atoms with E-state index < -0.39 is 23.7 Å². The predicted molar refractivity (Wildman–Crippen MR) is 88.3 cm³/mol. The summed E-state index contributed by atoms with van der Waals surface area (Å²) >= 11 is 2.18. The molecule has 1 aromatic rings. The van der Waals surface area contributed by atoms with Crippen LogP contribution in [0.2, 0.25) is 0 Å². The van der Waals surface area contributed by atoms with E-state index in [9.17, 15) is 14.7 Å². The smallest absolute Gasteiger partial charge is 0.410 e. The Bertz CT molecular complexity index is 507. The lowest BCUT2D eigenvalue weighted by atomic mass is 10.1. The number of aliphatic carboxylic acids is 1. The molecular formula is C15H20INO4. The number of carboxylic acids is 1. The lowest BCUT2D eigenvalue weighted by molar-refractivity contribution is -0.142. The normalized spacial score (nSPS) is 12.6. The summed E-state index contributed by atoms with van der Waals surface area (Å²) in [4.78, 5) is 24.5. The summed E-state index contributed by atoms with van der Waals surface area (Å²) in [6.07, 6.45) is -0.400. The first-order valence-corrected chi connectivity index (χ1v) is 7.61. The zero-order valence-corrected chi connectivity index (χ0v) is 14.7. The van der Waals surface area contributed by atoms with E-state index in [-0.39, 0.29) is 6.42 Å². The number of ether oxygens (including phenoxy) is 1.